The smallest absolute Gasteiger partial charge is 0.410 e. The highest BCUT2D eigenvalue weighted by Crippen LogP contribution is 2.27. The SMILES string of the molecule is CC(C)(C)OC(=O)N1CCN([C@H]2CC(=O)N(c3ccc(C(=O)O)cc3)C2=O)CC1. The van der Waals surface area contributed by atoms with Crippen LogP contribution in [0.25, 0.3) is 0 Å². The molecular weight excluding hydrogens is 378 g/mol. The van der Waals surface area contributed by atoms with Gasteiger partial charge in [0.05, 0.1) is 23.7 Å². The van der Waals surface area contributed by atoms with E-state index >= 15 is 0 Å². The van der Waals surface area contributed by atoms with E-state index in [1.807, 2.05) is 25.7 Å². The number of hydrogen-bond donors (Lipinski definition) is 1. The van der Waals surface area contributed by atoms with E-state index in [4.69, 9.17) is 9.84 Å². The molecule has 0 bridgehead atoms. The Labute approximate surface area is 168 Å². The maximum atomic E-state index is 12.9. The second-order valence-electron chi connectivity index (χ2n) is 8.14. The molecule has 3 amide bonds. The van der Waals surface area contributed by atoms with Gasteiger partial charge in [-0.15, -0.1) is 0 Å². The number of carbonyl (C=O) groups is 4. The van der Waals surface area contributed by atoms with Crippen LogP contribution in [0.15, 0.2) is 24.3 Å². The molecule has 0 spiro atoms. The van der Waals surface area contributed by atoms with Crippen molar-refractivity contribution in [3.8, 4) is 0 Å². The number of carboxylic acid groups (broad SMARTS) is 1. The molecule has 3 rings (SSSR count). The number of aromatic carboxylic acids is 1. The number of rotatable bonds is 3. The van der Waals surface area contributed by atoms with Gasteiger partial charge < -0.3 is 14.7 Å². The summed E-state index contributed by atoms with van der Waals surface area (Å²) in [6.45, 7) is 7.19. The molecule has 0 unspecified atom stereocenters. The summed E-state index contributed by atoms with van der Waals surface area (Å²) >= 11 is 0. The van der Waals surface area contributed by atoms with Gasteiger partial charge in [0.1, 0.15) is 5.60 Å². The number of benzene rings is 1. The molecule has 0 aromatic heterocycles. The minimum atomic E-state index is -1.07. The molecule has 2 fully saturated rings. The van der Waals surface area contributed by atoms with E-state index in [0.717, 1.165) is 4.90 Å². The van der Waals surface area contributed by atoms with Crippen LogP contribution in [0.2, 0.25) is 0 Å². The van der Waals surface area contributed by atoms with Gasteiger partial charge in [-0.2, -0.15) is 0 Å². The minimum Gasteiger partial charge on any atom is -0.478 e. The zero-order valence-electron chi connectivity index (χ0n) is 16.8. The van der Waals surface area contributed by atoms with E-state index in [1.165, 1.54) is 24.3 Å². The van der Waals surface area contributed by atoms with Gasteiger partial charge in [0.15, 0.2) is 0 Å². The third kappa shape index (κ3) is 4.56. The Kier molecular flexibility index (Phi) is 5.61. The van der Waals surface area contributed by atoms with Crippen LogP contribution in [-0.2, 0) is 14.3 Å². The number of ether oxygens (including phenoxy) is 1. The number of piperazine rings is 1. The molecule has 2 aliphatic rings. The highest BCUT2D eigenvalue weighted by Gasteiger charge is 2.43. The average molecular weight is 403 g/mol. The van der Waals surface area contributed by atoms with Gasteiger partial charge in [0, 0.05) is 26.2 Å². The summed E-state index contributed by atoms with van der Waals surface area (Å²) in [6, 6.07) is 5.07. The Hall–Kier alpha value is -2.94. The van der Waals surface area contributed by atoms with E-state index in [1.54, 1.807) is 4.90 Å². The van der Waals surface area contributed by atoms with Crippen LogP contribution in [0.1, 0.15) is 37.6 Å². The molecule has 1 atom stereocenters. The molecule has 2 saturated heterocycles. The van der Waals surface area contributed by atoms with Gasteiger partial charge in [-0.3, -0.25) is 14.5 Å². The Balaban J connectivity index is 1.63. The second kappa shape index (κ2) is 7.82. The van der Waals surface area contributed by atoms with Crippen LogP contribution in [0, 0.1) is 0 Å². The van der Waals surface area contributed by atoms with Gasteiger partial charge in [0.2, 0.25) is 5.91 Å². The Morgan fingerprint density at radius 2 is 1.62 bits per heavy atom. The van der Waals surface area contributed by atoms with E-state index < -0.39 is 17.6 Å². The fraction of sp³-hybridized carbons (Fsp3) is 0.500. The van der Waals surface area contributed by atoms with Crippen molar-refractivity contribution in [1.82, 2.24) is 9.80 Å². The standard InChI is InChI=1S/C20H25N3O6/c1-20(2,3)29-19(28)22-10-8-21(9-11-22)15-12-16(24)23(17(15)25)14-6-4-13(5-7-14)18(26)27/h4-7,15H,8-12H2,1-3H3,(H,26,27)/t15-/m0/s1. The quantitative estimate of drug-likeness (QED) is 0.763. The number of nitrogens with zero attached hydrogens (tertiary/aromatic N) is 3. The monoisotopic (exact) mass is 403 g/mol. The van der Waals surface area contributed by atoms with Crippen molar-refractivity contribution in [2.24, 2.45) is 0 Å². The van der Waals surface area contributed by atoms with Crippen LogP contribution in [0.4, 0.5) is 10.5 Å². The molecule has 29 heavy (non-hydrogen) atoms. The normalized spacial score (nSPS) is 20.9. The summed E-state index contributed by atoms with van der Waals surface area (Å²) in [6.07, 6.45) is -0.322. The molecule has 0 aliphatic carbocycles. The van der Waals surface area contributed by atoms with E-state index in [-0.39, 0.29) is 29.9 Å². The summed E-state index contributed by atoms with van der Waals surface area (Å²) in [5, 5.41) is 8.99. The molecule has 9 heteroatoms. The molecule has 1 aromatic rings. The van der Waals surface area contributed by atoms with Crippen LogP contribution in [-0.4, -0.2) is 76.6 Å². The first kappa shape index (κ1) is 20.8. The van der Waals surface area contributed by atoms with Crippen LogP contribution in [0.5, 0.6) is 0 Å². The third-order valence-corrected chi connectivity index (χ3v) is 4.90. The minimum absolute atomic E-state index is 0.0615. The lowest BCUT2D eigenvalue weighted by Crippen LogP contribution is -2.54. The van der Waals surface area contributed by atoms with Gasteiger partial charge in [0.25, 0.3) is 5.91 Å². The van der Waals surface area contributed by atoms with Crippen molar-refractivity contribution in [1.29, 1.82) is 0 Å². The van der Waals surface area contributed by atoms with Crippen molar-refractivity contribution < 1.29 is 29.0 Å². The van der Waals surface area contributed by atoms with Crippen molar-refractivity contribution >= 4 is 29.6 Å². The molecule has 2 heterocycles. The van der Waals surface area contributed by atoms with Crippen LogP contribution < -0.4 is 4.90 Å². The Morgan fingerprint density at radius 1 is 1.03 bits per heavy atom. The summed E-state index contributed by atoms with van der Waals surface area (Å²) in [5.41, 5.74) is -0.124. The first-order valence-corrected chi connectivity index (χ1v) is 9.49. The van der Waals surface area contributed by atoms with E-state index in [2.05, 4.69) is 0 Å². The average Bonchev–Trinajstić information content (AvgIpc) is 2.95. The number of carboxylic acids is 1. The van der Waals surface area contributed by atoms with Crippen molar-refractivity contribution in [3.63, 3.8) is 0 Å². The highest BCUT2D eigenvalue weighted by molar-refractivity contribution is 6.22. The van der Waals surface area contributed by atoms with Gasteiger partial charge in [-0.25, -0.2) is 14.5 Å². The number of carbonyl (C=O) groups excluding carboxylic acids is 3. The molecule has 156 valence electrons. The fourth-order valence-corrected chi connectivity index (χ4v) is 3.47. The zero-order chi connectivity index (χ0) is 21.3. The summed E-state index contributed by atoms with van der Waals surface area (Å²) in [5.74, 6) is -1.72. The number of hydrogen-bond acceptors (Lipinski definition) is 6. The Bertz CT molecular complexity index is 822. The molecule has 1 aromatic carbocycles. The molecule has 9 nitrogen and oxygen atoms in total. The zero-order valence-corrected chi connectivity index (χ0v) is 16.8. The molecule has 0 radical (unpaired) electrons. The van der Waals surface area contributed by atoms with E-state index in [0.29, 0.717) is 31.9 Å². The first-order valence-electron chi connectivity index (χ1n) is 9.49. The lowest BCUT2D eigenvalue weighted by molar-refractivity contribution is -0.123. The summed E-state index contributed by atoms with van der Waals surface area (Å²) in [4.78, 5) is 53.1. The van der Waals surface area contributed by atoms with Crippen molar-refractivity contribution in [2.45, 2.75) is 38.8 Å². The molecule has 1 N–H and O–H groups in total. The molecule has 0 saturated carbocycles. The van der Waals surface area contributed by atoms with Crippen molar-refractivity contribution in [3.05, 3.63) is 29.8 Å². The van der Waals surface area contributed by atoms with Crippen LogP contribution in [0.3, 0.4) is 0 Å². The lowest BCUT2D eigenvalue weighted by atomic mass is 10.1. The summed E-state index contributed by atoms with van der Waals surface area (Å²) < 4.78 is 5.37. The van der Waals surface area contributed by atoms with E-state index in [9.17, 15) is 19.2 Å². The number of amides is 3. The first-order chi connectivity index (χ1) is 13.6. The number of anilines is 1. The maximum absolute atomic E-state index is 12.9. The topological polar surface area (TPSA) is 107 Å². The predicted octanol–water partition coefficient (Wildman–Crippen LogP) is 1.57. The van der Waals surface area contributed by atoms with Gasteiger partial charge in [-0.1, -0.05) is 0 Å². The predicted molar refractivity (Wildman–Crippen MR) is 104 cm³/mol. The van der Waals surface area contributed by atoms with Crippen LogP contribution >= 0.6 is 0 Å². The van der Waals surface area contributed by atoms with Crippen molar-refractivity contribution in [2.75, 3.05) is 31.1 Å². The van der Waals surface area contributed by atoms with Gasteiger partial charge >= 0.3 is 12.1 Å². The fourth-order valence-electron chi connectivity index (χ4n) is 3.47. The molecule has 2 aliphatic heterocycles. The number of imide groups is 1. The third-order valence-electron chi connectivity index (χ3n) is 4.90. The van der Waals surface area contributed by atoms with Gasteiger partial charge in [-0.05, 0) is 45.0 Å². The maximum Gasteiger partial charge on any atom is 0.410 e. The summed E-state index contributed by atoms with van der Waals surface area (Å²) in [7, 11) is 0. The second-order valence-corrected chi connectivity index (χ2v) is 8.14. The largest absolute Gasteiger partial charge is 0.478 e. The molecular formula is C20H25N3O6. The lowest BCUT2D eigenvalue weighted by Gasteiger charge is -2.37. The Morgan fingerprint density at radius 3 is 2.14 bits per heavy atom. The highest BCUT2D eigenvalue weighted by atomic mass is 16.6.